The first kappa shape index (κ1) is 9.86. The summed E-state index contributed by atoms with van der Waals surface area (Å²) in [4.78, 5) is 2.46. The zero-order valence-electron chi connectivity index (χ0n) is 9.04. The molecule has 0 radical (unpaired) electrons. The molecule has 0 bridgehead atoms. The van der Waals surface area contributed by atoms with Gasteiger partial charge in [0.25, 0.3) is 0 Å². The van der Waals surface area contributed by atoms with Gasteiger partial charge in [-0.15, -0.1) is 0 Å². The van der Waals surface area contributed by atoms with Gasteiger partial charge in [0.05, 0.1) is 0 Å². The Labute approximate surface area is 99.6 Å². The molecular formula is C13H16BrN. The first-order chi connectivity index (χ1) is 7.24. The van der Waals surface area contributed by atoms with Crippen molar-refractivity contribution in [3.8, 4) is 0 Å². The molecule has 1 aromatic carbocycles. The fourth-order valence-corrected chi connectivity index (χ4v) is 3.48. The molecule has 0 N–H and O–H groups in total. The molecule has 2 unspecified atom stereocenters. The highest BCUT2D eigenvalue weighted by molar-refractivity contribution is 9.08. The smallest absolute Gasteiger partial charge is 0.0283 e. The normalized spacial score (nSPS) is 34.1. The molecule has 15 heavy (non-hydrogen) atoms. The quantitative estimate of drug-likeness (QED) is 0.744. The van der Waals surface area contributed by atoms with Crippen LogP contribution < -0.4 is 0 Å². The van der Waals surface area contributed by atoms with E-state index in [1.165, 1.54) is 25.1 Å². The molecule has 2 fully saturated rings. The van der Waals surface area contributed by atoms with E-state index in [4.69, 9.17) is 0 Å². The maximum absolute atomic E-state index is 3.49. The molecule has 1 aliphatic carbocycles. The fraction of sp³-hybridized carbons (Fsp3) is 0.538. The van der Waals surface area contributed by atoms with Crippen LogP contribution >= 0.6 is 15.9 Å². The minimum absolute atomic E-state index is 0.527. The second-order valence-electron chi connectivity index (χ2n) is 5.08. The summed E-state index contributed by atoms with van der Waals surface area (Å²) in [6.45, 7) is 2.55. The van der Waals surface area contributed by atoms with E-state index in [1.807, 2.05) is 0 Å². The molecule has 1 nitrogen and oxygen atoms in total. The Morgan fingerprint density at radius 2 is 2.13 bits per heavy atom. The SMILES string of the molecule is CN1CC2CC2(c2ccc(CBr)cc2)C1. The van der Waals surface area contributed by atoms with E-state index in [-0.39, 0.29) is 0 Å². The van der Waals surface area contributed by atoms with Crippen molar-refractivity contribution >= 4 is 15.9 Å². The monoisotopic (exact) mass is 265 g/mol. The average molecular weight is 266 g/mol. The Bertz CT molecular complexity index is 373. The summed E-state index contributed by atoms with van der Waals surface area (Å²) in [5.41, 5.74) is 3.46. The van der Waals surface area contributed by atoms with E-state index in [2.05, 4.69) is 52.1 Å². The predicted octanol–water partition coefficient (Wildman–Crippen LogP) is 2.78. The number of halogens is 1. The van der Waals surface area contributed by atoms with Crippen molar-refractivity contribution < 1.29 is 0 Å². The predicted molar refractivity (Wildman–Crippen MR) is 66.4 cm³/mol. The average Bonchev–Trinajstić information content (AvgIpc) is 2.83. The van der Waals surface area contributed by atoms with Crippen LogP contribution in [0.3, 0.4) is 0 Å². The molecule has 2 aliphatic rings. The molecule has 2 heteroatoms. The number of nitrogens with zero attached hydrogens (tertiary/aromatic N) is 1. The van der Waals surface area contributed by atoms with Gasteiger partial charge in [-0.05, 0) is 30.5 Å². The van der Waals surface area contributed by atoms with Gasteiger partial charge in [0.2, 0.25) is 0 Å². The van der Waals surface area contributed by atoms with E-state index in [0.717, 1.165) is 11.2 Å². The molecule has 2 atom stereocenters. The van der Waals surface area contributed by atoms with Crippen molar-refractivity contribution in [3.63, 3.8) is 0 Å². The first-order valence-corrected chi connectivity index (χ1v) is 6.71. The fourth-order valence-electron chi connectivity index (χ4n) is 3.11. The minimum Gasteiger partial charge on any atom is -0.305 e. The van der Waals surface area contributed by atoms with Crippen LogP contribution in [0.2, 0.25) is 0 Å². The molecule has 0 aromatic heterocycles. The van der Waals surface area contributed by atoms with E-state index in [9.17, 15) is 0 Å². The van der Waals surface area contributed by atoms with Gasteiger partial charge in [-0.1, -0.05) is 40.2 Å². The van der Waals surface area contributed by atoms with E-state index in [1.54, 1.807) is 5.56 Å². The van der Waals surface area contributed by atoms with E-state index < -0.39 is 0 Å². The number of likely N-dealkylation sites (N-methyl/N-ethyl adjacent to an activating group) is 1. The number of benzene rings is 1. The Morgan fingerprint density at radius 3 is 2.67 bits per heavy atom. The van der Waals surface area contributed by atoms with Crippen LogP contribution in [0.1, 0.15) is 17.5 Å². The van der Waals surface area contributed by atoms with Gasteiger partial charge in [0.15, 0.2) is 0 Å². The number of likely N-dealkylation sites (tertiary alicyclic amines) is 1. The lowest BCUT2D eigenvalue weighted by atomic mass is 9.94. The summed E-state index contributed by atoms with van der Waals surface area (Å²) in [6.07, 6.45) is 1.41. The van der Waals surface area contributed by atoms with Gasteiger partial charge in [-0.3, -0.25) is 0 Å². The summed E-state index contributed by atoms with van der Waals surface area (Å²) in [7, 11) is 2.24. The van der Waals surface area contributed by atoms with Crippen LogP contribution in [0.25, 0.3) is 0 Å². The second kappa shape index (κ2) is 3.33. The Morgan fingerprint density at radius 1 is 1.40 bits per heavy atom. The summed E-state index contributed by atoms with van der Waals surface area (Å²) in [5.74, 6) is 0.928. The van der Waals surface area contributed by atoms with E-state index >= 15 is 0 Å². The van der Waals surface area contributed by atoms with Crippen LogP contribution in [0.4, 0.5) is 0 Å². The number of piperidine rings is 1. The summed E-state index contributed by atoms with van der Waals surface area (Å²) in [5, 5.41) is 0.962. The standard InChI is InChI=1S/C13H16BrN/c1-15-8-12-6-13(12,9-15)11-4-2-10(7-14)3-5-11/h2-5,12H,6-9H2,1H3. The first-order valence-electron chi connectivity index (χ1n) is 5.58. The van der Waals surface area contributed by atoms with Crippen LogP contribution in [0.15, 0.2) is 24.3 Å². The van der Waals surface area contributed by atoms with Crippen molar-refractivity contribution in [1.29, 1.82) is 0 Å². The van der Waals surface area contributed by atoms with Gasteiger partial charge in [0.1, 0.15) is 0 Å². The maximum Gasteiger partial charge on any atom is 0.0283 e. The second-order valence-corrected chi connectivity index (χ2v) is 5.65. The third-order valence-corrected chi connectivity index (χ3v) is 4.65. The van der Waals surface area contributed by atoms with Gasteiger partial charge >= 0.3 is 0 Å². The third-order valence-electron chi connectivity index (χ3n) is 4.00. The van der Waals surface area contributed by atoms with Gasteiger partial charge in [-0.25, -0.2) is 0 Å². The molecule has 1 saturated carbocycles. The molecular weight excluding hydrogens is 250 g/mol. The molecule has 0 spiro atoms. The van der Waals surface area contributed by atoms with Crippen molar-refractivity contribution in [2.75, 3.05) is 20.1 Å². The third kappa shape index (κ3) is 1.46. The number of fused-ring (bicyclic) bond motifs is 1. The number of alkyl halides is 1. The molecule has 1 aromatic rings. The highest BCUT2D eigenvalue weighted by Crippen LogP contribution is 2.58. The lowest BCUT2D eigenvalue weighted by Gasteiger charge is -2.16. The Kier molecular flexibility index (Phi) is 2.18. The molecule has 3 rings (SSSR count). The molecule has 80 valence electrons. The zero-order chi connectivity index (χ0) is 10.5. The lowest BCUT2D eigenvalue weighted by molar-refractivity contribution is 0.363. The summed E-state index contributed by atoms with van der Waals surface area (Å²) < 4.78 is 0. The van der Waals surface area contributed by atoms with Gasteiger partial charge in [-0.2, -0.15) is 0 Å². The highest BCUT2D eigenvalue weighted by atomic mass is 79.9. The van der Waals surface area contributed by atoms with Gasteiger partial charge < -0.3 is 4.90 Å². The van der Waals surface area contributed by atoms with Crippen molar-refractivity contribution in [3.05, 3.63) is 35.4 Å². The molecule has 0 amide bonds. The number of rotatable bonds is 2. The highest BCUT2D eigenvalue weighted by Gasteiger charge is 2.59. The van der Waals surface area contributed by atoms with E-state index in [0.29, 0.717) is 5.41 Å². The van der Waals surface area contributed by atoms with Crippen LogP contribution in [0, 0.1) is 5.92 Å². The van der Waals surface area contributed by atoms with Crippen molar-refractivity contribution in [2.24, 2.45) is 5.92 Å². The molecule has 1 saturated heterocycles. The Hall–Kier alpha value is -0.340. The zero-order valence-corrected chi connectivity index (χ0v) is 10.6. The van der Waals surface area contributed by atoms with Crippen LogP contribution in [0.5, 0.6) is 0 Å². The van der Waals surface area contributed by atoms with Crippen molar-refractivity contribution in [1.82, 2.24) is 4.90 Å². The minimum atomic E-state index is 0.527. The topological polar surface area (TPSA) is 3.24 Å². The van der Waals surface area contributed by atoms with Crippen LogP contribution in [-0.2, 0) is 10.7 Å². The molecule has 1 heterocycles. The van der Waals surface area contributed by atoms with Crippen molar-refractivity contribution in [2.45, 2.75) is 17.2 Å². The van der Waals surface area contributed by atoms with Gasteiger partial charge in [0, 0.05) is 23.8 Å². The van der Waals surface area contributed by atoms with Crippen LogP contribution in [-0.4, -0.2) is 25.0 Å². The maximum atomic E-state index is 3.49. The Balaban J connectivity index is 1.88. The largest absolute Gasteiger partial charge is 0.305 e. The summed E-state index contributed by atoms with van der Waals surface area (Å²) >= 11 is 3.49. The number of hydrogen-bond acceptors (Lipinski definition) is 1. The molecule has 1 aliphatic heterocycles. The number of hydrogen-bond donors (Lipinski definition) is 0. The lowest BCUT2D eigenvalue weighted by Crippen LogP contribution is -2.22. The summed E-state index contributed by atoms with van der Waals surface area (Å²) in [6, 6.07) is 9.17.